The third kappa shape index (κ3) is 0.917. The number of fused-ring (bicyclic) bond motifs is 1. The summed E-state index contributed by atoms with van der Waals surface area (Å²) in [5.41, 5.74) is 1.86. The number of nitrogens with one attached hydrogen (secondary N) is 1. The maximum Gasteiger partial charge on any atom is 0.0709 e. The first kappa shape index (κ1) is 6.43. The van der Waals surface area contributed by atoms with Gasteiger partial charge in [-0.05, 0) is 6.07 Å². The zero-order valence-electron chi connectivity index (χ0n) is 5.96. The molecule has 2 nitrogen and oxygen atoms in total. The molecular weight excluding hydrogens is 138 g/mol. The van der Waals surface area contributed by atoms with Gasteiger partial charge in [-0.25, -0.2) is 0 Å². The van der Waals surface area contributed by atoms with Gasteiger partial charge in [0.15, 0.2) is 0 Å². The predicted molar refractivity (Wildman–Crippen MR) is 43.1 cm³/mol. The highest BCUT2D eigenvalue weighted by molar-refractivity contribution is 5.82. The summed E-state index contributed by atoms with van der Waals surface area (Å²) in [6.07, 6.45) is 2.89. The van der Waals surface area contributed by atoms with Gasteiger partial charge >= 0.3 is 0 Å². The quantitative estimate of drug-likeness (QED) is 0.627. The molecule has 1 heterocycles. The summed E-state index contributed by atoms with van der Waals surface area (Å²) >= 11 is 0. The Morgan fingerprint density at radius 1 is 1.36 bits per heavy atom. The molecule has 0 saturated carbocycles. The molecule has 0 unspecified atom stereocenters. The van der Waals surface area contributed by atoms with E-state index in [-0.39, 0.29) is 6.61 Å². The fourth-order valence-electron chi connectivity index (χ4n) is 1.19. The number of H-pyrrole nitrogens is 1. The lowest BCUT2D eigenvalue weighted by molar-refractivity contribution is 0.283. The number of aromatic amines is 1. The second-order valence-corrected chi connectivity index (χ2v) is 2.43. The number of hydrogen-bond acceptors (Lipinski definition) is 1. The van der Waals surface area contributed by atoms with Crippen molar-refractivity contribution in [2.75, 3.05) is 0 Å². The molecule has 2 N–H and O–H groups in total. The summed E-state index contributed by atoms with van der Waals surface area (Å²) in [7, 11) is 0. The predicted octanol–water partition coefficient (Wildman–Crippen LogP) is 1.46. The van der Waals surface area contributed by atoms with Crippen LogP contribution in [0.2, 0.25) is 0 Å². The average molecular weight is 146 g/mol. The number of para-hydroxylation sites is 1. The van der Waals surface area contributed by atoms with E-state index in [0.29, 0.717) is 0 Å². The highest BCUT2D eigenvalue weighted by Gasteiger charge is 1.99. The summed E-state index contributed by atoms with van der Waals surface area (Å²) < 4.78 is 0. The third-order valence-corrected chi connectivity index (χ3v) is 1.76. The molecule has 2 heteroatoms. The van der Waals surface area contributed by atoms with Crippen molar-refractivity contribution in [2.24, 2.45) is 0 Å². The fourth-order valence-corrected chi connectivity index (χ4v) is 1.19. The summed E-state index contributed by atoms with van der Waals surface area (Å²) in [5, 5.41) is 9.92. The molecule has 0 amide bonds. The van der Waals surface area contributed by atoms with Gasteiger partial charge in [-0.2, -0.15) is 0 Å². The second kappa shape index (κ2) is 2.40. The van der Waals surface area contributed by atoms with Gasteiger partial charge in [0.1, 0.15) is 0 Å². The number of aromatic nitrogens is 1. The molecule has 0 aliphatic rings. The zero-order chi connectivity index (χ0) is 7.68. The SMILES string of the molecule is OCc1[c][nH]c2ccccc12. The molecule has 0 bridgehead atoms. The molecule has 2 rings (SSSR count). The van der Waals surface area contributed by atoms with Crippen molar-refractivity contribution in [3.05, 3.63) is 36.0 Å². The van der Waals surface area contributed by atoms with Gasteiger partial charge in [0.05, 0.1) is 12.8 Å². The minimum absolute atomic E-state index is 0.0456. The number of hydrogen-bond donors (Lipinski definition) is 2. The fraction of sp³-hybridized carbons (Fsp3) is 0.111. The van der Waals surface area contributed by atoms with Crippen molar-refractivity contribution in [1.29, 1.82) is 0 Å². The van der Waals surface area contributed by atoms with E-state index in [2.05, 4.69) is 11.2 Å². The Labute approximate surface area is 64.5 Å². The van der Waals surface area contributed by atoms with E-state index < -0.39 is 0 Å². The Hall–Kier alpha value is -1.28. The van der Waals surface area contributed by atoms with Gasteiger partial charge in [-0.15, -0.1) is 0 Å². The van der Waals surface area contributed by atoms with Crippen molar-refractivity contribution in [3.8, 4) is 0 Å². The third-order valence-electron chi connectivity index (χ3n) is 1.76. The van der Waals surface area contributed by atoms with Crippen LogP contribution in [-0.4, -0.2) is 10.1 Å². The van der Waals surface area contributed by atoms with Crippen molar-refractivity contribution >= 4 is 10.9 Å². The Morgan fingerprint density at radius 2 is 2.18 bits per heavy atom. The molecule has 1 aromatic heterocycles. The second-order valence-electron chi connectivity index (χ2n) is 2.43. The minimum Gasteiger partial charge on any atom is -0.392 e. The lowest BCUT2D eigenvalue weighted by atomic mass is 10.2. The molecule has 1 radical (unpaired) electrons. The number of aliphatic hydroxyl groups excluding tert-OH is 1. The Bertz CT molecular complexity index is 364. The zero-order valence-corrected chi connectivity index (χ0v) is 5.96. The van der Waals surface area contributed by atoms with Gasteiger partial charge in [0.2, 0.25) is 0 Å². The summed E-state index contributed by atoms with van der Waals surface area (Å²) in [6.45, 7) is 0.0456. The Kier molecular flexibility index (Phi) is 1.40. The van der Waals surface area contributed by atoms with Crippen LogP contribution in [0.5, 0.6) is 0 Å². The van der Waals surface area contributed by atoms with Crippen LogP contribution in [0.15, 0.2) is 24.3 Å². The summed E-state index contributed by atoms with van der Waals surface area (Å²) in [5.74, 6) is 0. The van der Waals surface area contributed by atoms with Crippen molar-refractivity contribution in [1.82, 2.24) is 4.98 Å². The van der Waals surface area contributed by atoms with E-state index in [0.717, 1.165) is 16.5 Å². The molecule has 0 aliphatic carbocycles. The molecule has 0 atom stereocenters. The van der Waals surface area contributed by atoms with Gasteiger partial charge in [-0.1, -0.05) is 18.2 Å². The van der Waals surface area contributed by atoms with Crippen LogP contribution in [0.4, 0.5) is 0 Å². The van der Waals surface area contributed by atoms with Crippen LogP contribution >= 0.6 is 0 Å². The number of benzene rings is 1. The molecule has 0 aliphatic heterocycles. The van der Waals surface area contributed by atoms with E-state index in [1.807, 2.05) is 24.3 Å². The first-order chi connectivity index (χ1) is 5.42. The summed E-state index contributed by atoms with van der Waals surface area (Å²) in [4.78, 5) is 2.95. The molecule has 0 fully saturated rings. The van der Waals surface area contributed by atoms with Crippen LogP contribution in [0.25, 0.3) is 10.9 Å². The first-order valence-corrected chi connectivity index (χ1v) is 3.50. The van der Waals surface area contributed by atoms with Gasteiger partial charge < -0.3 is 10.1 Å². The maximum absolute atomic E-state index is 8.87. The monoisotopic (exact) mass is 146 g/mol. The highest BCUT2D eigenvalue weighted by Crippen LogP contribution is 2.16. The average Bonchev–Trinajstić information content (AvgIpc) is 2.47. The van der Waals surface area contributed by atoms with Crippen molar-refractivity contribution in [3.63, 3.8) is 0 Å². The molecule has 55 valence electrons. The number of rotatable bonds is 1. The van der Waals surface area contributed by atoms with E-state index >= 15 is 0 Å². The molecule has 1 aromatic carbocycles. The number of aliphatic hydroxyl groups is 1. The molecule has 0 spiro atoms. The molecule has 2 aromatic rings. The van der Waals surface area contributed by atoms with E-state index in [1.54, 1.807) is 0 Å². The van der Waals surface area contributed by atoms with Crippen LogP contribution in [0, 0.1) is 6.20 Å². The van der Waals surface area contributed by atoms with Crippen LogP contribution < -0.4 is 0 Å². The van der Waals surface area contributed by atoms with Crippen LogP contribution in [0.1, 0.15) is 5.56 Å². The topological polar surface area (TPSA) is 36.0 Å². The van der Waals surface area contributed by atoms with Gasteiger partial charge in [0.25, 0.3) is 0 Å². The maximum atomic E-state index is 8.87. The van der Waals surface area contributed by atoms with E-state index in [1.165, 1.54) is 0 Å². The first-order valence-electron chi connectivity index (χ1n) is 3.50. The van der Waals surface area contributed by atoms with Gasteiger partial charge in [0, 0.05) is 16.5 Å². The smallest absolute Gasteiger partial charge is 0.0709 e. The normalized spacial score (nSPS) is 10.6. The lowest BCUT2D eigenvalue weighted by Gasteiger charge is -1.89. The van der Waals surface area contributed by atoms with E-state index in [4.69, 9.17) is 5.11 Å². The largest absolute Gasteiger partial charge is 0.392 e. The lowest BCUT2D eigenvalue weighted by Crippen LogP contribution is -1.77. The van der Waals surface area contributed by atoms with Crippen LogP contribution in [0.3, 0.4) is 0 Å². The molecule has 11 heavy (non-hydrogen) atoms. The van der Waals surface area contributed by atoms with Gasteiger partial charge in [-0.3, -0.25) is 0 Å². The minimum atomic E-state index is 0.0456. The standard InChI is InChI=1S/C9H8NO/c11-6-7-5-10-9-4-2-1-3-8(7)9/h1-4,10-11H,6H2. The highest BCUT2D eigenvalue weighted by atomic mass is 16.3. The van der Waals surface area contributed by atoms with Crippen molar-refractivity contribution in [2.45, 2.75) is 6.61 Å². The van der Waals surface area contributed by atoms with Crippen LogP contribution in [-0.2, 0) is 6.61 Å². The molecular formula is C9H8NO. The van der Waals surface area contributed by atoms with E-state index in [9.17, 15) is 0 Å². The Morgan fingerprint density at radius 3 is 3.00 bits per heavy atom. The molecule has 0 saturated heterocycles. The van der Waals surface area contributed by atoms with Crippen molar-refractivity contribution < 1.29 is 5.11 Å². The Balaban J connectivity index is 2.76. The summed E-state index contributed by atoms with van der Waals surface area (Å²) in [6, 6.07) is 7.83.